The molecule has 1 rings (SSSR count). The lowest BCUT2D eigenvalue weighted by Gasteiger charge is -2.22. The maximum Gasteiger partial charge on any atom is 0.0256 e. The molecule has 0 N–H and O–H groups in total. The SMILES string of the molecule is CC#CC1CC(CC)CC1(C)C. The first-order chi connectivity index (χ1) is 5.60. The second-order valence-corrected chi connectivity index (χ2v) is 4.65. The molecule has 1 aliphatic rings. The fourth-order valence-corrected chi connectivity index (χ4v) is 2.36. The fraction of sp³-hybridized carbons (Fsp3) is 0.833. The smallest absolute Gasteiger partial charge is 0.0256 e. The van der Waals surface area contributed by atoms with Gasteiger partial charge in [0.25, 0.3) is 0 Å². The summed E-state index contributed by atoms with van der Waals surface area (Å²) in [7, 11) is 0. The van der Waals surface area contributed by atoms with Crippen LogP contribution in [-0.2, 0) is 0 Å². The van der Waals surface area contributed by atoms with Crippen LogP contribution in [0, 0.1) is 29.1 Å². The van der Waals surface area contributed by atoms with Gasteiger partial charge in [0.2, 0.25) is 0 Å². The normalized spacial score (nSPS) is 32.7. The van der Waals surface area contributed by atoms with Gasteiger partial charge in [0.1, 0.15) is 0 Å². The van der Waals surface area contributed by atoms with Crippen LogP contribution < -0.4 is 0 Å². The predicted molar refractivity (Wildman–Crippen MR) is 53.7 cm³/mol. The monoisotopic (exact) mass is 164 g/mol. The topological polar surface area (TPSA) is 0 Å². The Kier molecular flexibility index (Phi) is 2.83. The summed E-state index contributed by atoms with van der Waals surface area (Å²) in [5, 5.41) is 0. The maximum absolute atomic E-state index is 3.35. The molecule has 0 nitrogen and oxygen atoms in total. The Hall–Kier alpha value is -0.440. The van der Waals surface area contributed by atoms with Gasteiger partial charge in [-0.25, -0.2) is 0 Å². The van der Waals surface area contributed by atoms with E-state index in [1.54, 1.807) is 0 Å². The highest BCUT2D eigenvalue weighted by Gasteiger charge is 2.38. The summed E-state index contributed by atoms with van der Waals surface area (Å²) >= 11 is 0. The first kappa shape index (κ1) is 9.65. The average molecular weight is 164 g/mol. The molecule has 2 atom stereocenters. The fourth-order valence-electron chi connectivity index (χ4n) is 2.36. The Labute approximate surface area is 76.7 Å². The zero-order chi connectivity index (χ0) is 9.19. The summed E-state index contributed by atoms with van der Waals surface area (Å²) < 4.78 is 0. The highest BCUT2D eigenvalue weighted by Crippen LogP contribution is 2.46. The van der Waals surface area contributed by atoms with E-state index in [0.717, 1.165) is 5.92 Å². The maximum atomic E-state index is 3.35. The third-order valence-corrected chi connectivity index (χ3v) is 3.22. The molecule has 0 amide bonds. The zero-order valence-corrected chi connectivity index (χ0v) is 8.78. The number of hydrogen-bond acceptors (Lipinski definition) is 0. The van der Waals surface area contributed by atoms with Gasteiger partial charge >= 0.3 is 0 Å². The van der Waals surface area contributed by atoms with E-state index in [0.29, 0.717) is 11.3 Å². The van der Waals surface area contributed by atoms with Crippen molar-refractivity contribution in [2.24, 2.45) is 17.3 Å². The summed E-state index contributed by atoms with van der Waals surface area (Å²) in [6.45, 7) is 8.97. The molecule has 0 aromatic carbocycles. The number of hydrogen-bond donors (Lipinski definition) is 0. The van der Waals surface area contributed by atoms with Gasteiger partial charge in [-0.15, -0.1) is 5.92 Å². The van der Waals surface area contributed by atoms with Gasteiger partial charge in [-0.2, -0.15) is 0 Å². The van der Waals surface area contributed by atoms with Crippen molar-refractivity contribution in [3.63, 3.8) is 0 Å². The van der Waals surface area contributed by atoms with Crippen LogP contribution in [0.2, 0.25) is 0 Å². The minimum atomic E-state index is 0.462. The highest BCUT2D eigenvalue weighted by atomic mass is 14.4. The summed E-state index contributed by atoms with van der Waals surface area (Å²) in [6, 6.07) is 0. The van der Waals surface area contributed by atoms with Crippen molar-refractivity contribution in [1.82, 2.24) is 0 Å². The van der Waals surface area contributed by atoms with Crippen LogP contribution >= 0.6 is 0 Å². The zero-order valence-electron chi connectivity index (χ0n) is 8.78. The van der Waals surface area contributed by atoms with Crippen LogP contribution in [-0.4, -0.2) is 0 Å². The Morgan fingerprint density at radius 3 is 2.50 bits per heavy atom. The van der Waals surface area contributed by atoms with Gasteiger partial charge in [0.05, 0.1) is 0 Å². The van der Waals surface area contributed by atoms with Crippen LogP contribution in [0.4, 0.5) is 0 Å². The van der Waals surface area contributed by atoms with Crippen LogP contribution in [0.25, 0.3) is 0 Å². The van der Waals surface area contributed by atoms with Gasteiger partial charge in [-0.3, -0.25) is 0 Å². The molecule has 1 saturated carbocycles. The lowest BCUT2D eigenvalue weighted by molar-refractivity contribution is 0.310. The van der Waals surface area contributed by atoms with Gasteiger partial charge in [-0.1, -0.05) is 33.1 Å². The summed E-state index contributed by atoms with van der Waals surface area (Å²) in [5.41, 5.74) is 0.462. The van der Waals surface area contributed by atoms with Crippen LogP contribution in [0.3, 0.4) is 0 Å². The number of rotatable bonds is 1. The minimum absolute atomic E-state index is 0.462. The molecule has 1 aliphatic carbocycles. The lowest BCUT2D eigenvalue weighted by Crippen LogP contribution is -2.15. The third kappa shape index (κ3) is 1.83. The summed E-state index contributed by atoms with van der Waals surface area (Å²) in [5.74, 6) is 7.98. The lowest BCUT2D eigenvalue weighted by atomic mass is 9.82. The second-order valence-electron chi connectivity index (χ2n) is 4.65. The van der Waals surface area contributed by atoms with Crippen molar-refractivity contribution in [1.29, 1.82) is 0 Å². The Morgan fingerprint density at radius 2 is 2.08 bits per heavy atom. The molecule has 2 unspecified atom stereocenters. The van der Waals surface area contributed by atoms with E-state index in [1.807, 2.05) is 6.92 Å². The van der Waals surface area contributed by atoms with Gasteiger partial charge in [0.15, 0.2) is 0 Å². The average Bonchev–Trinajstić information content (AvgIpc) is 2.28. The van der Waals surface area contributed by atoms with E-state index in [1.165, 1.54) is 19.3 Å². The third-order valence-electron chi connectivity index (χ3n) is 3.22. The van der Waals surface area contributed by atoms with Crippen LogP contribution in [0.15, 0.2) is 0 Å². The summed E-state index contributed by atoms with van der Waals surface area (Å²) in [4.78, 5) is 0. The molecule has 0 aromatic rings. The highest BCUT2D eigenvalue weighted by molar-refractivity contribution is 5.09. The molecule has 1 fully saturated rings. The largest absolute Gasteiger partial charge is 0.106 e. The predicted octanol–water partition coefficient (Wildman–Crippen LogP) is 3.47. The molecule has 0 bridgehead atoms. The van der Waals surface area contributed by atoms with E-state index in [9.17, 15) is 0 Å². The first-order valence-electron chi connectivity index (χ1n) is 5.02. The van der Waals surface area contributed by atoms with Crippen molar-refractivity contribution < 1.29 is 0 Å². The van der Waals surface area contributed by atoms with E-state index in [-0.39, 0.29) is 0 Å². The molecule has 0 aromatic heterocycles. The molecule has 0 radical (unpaired) electrons. The molecule has 0 heteroatoms. The standard InChI is InChI=1S/C12H20/c1-5-7-11-8-10(6-2)9-12(11,3)4/h10-11H,6,8-9H2,1-4H3. The van der Waals surface area contributed by atoms with E-state index < -0.39 is 0 Å². The molecule has 0 aliphatic heterocycles. The first-order valence-corrected chi connectivity index (χ1v) is 5.02. The summed E-state index contributed by atoms with van der Waals surface area (Å²) in [6.07, 6.45) is 4.01. The van der Waals surface area contributed by atoms with Gasteiger partial charge in [0, 0.05) is 5.92 Å². The van der Waals surface area contributed by atoms with Crippen molar-refractivity contribution in [2.75, 3.05) is 0 Å². The molecular weight excluding hydrogens is 144 g/mol. The Bertz CT molecular complexity index is 202. The quantitative estimate of drug-likeness (QED) is 0.520. The molecule has 12 heavy (non-hydrogen) atoms. The van der Waals surface area contributed by atoms with Crippen molar-refractivity contribution in [3.8, 4) is 11.8 Å². The molecule has 0 heterocycles. The van der Waals surface area contributed by atoms with Crippen molar-refractivity contribution in [2.45, 2.75) is 47.0 Å². The second kappa shape index (κ2) is 3.52. The van der Waals surface area contributed by atoms with Crippen LogP contribution in [0.1, 0.15) is 47.0 Å². The minimum Gasteiger partial charge on any atom is -0.106 e. The van der Waals surface area contributed by atoms with Gasteiger partial charge in [-0.05, 0) is 31.1 Å². The van der Waals surface area contributed by atoms with Crippen LogP contribution in [0.5, 0.6) is 0 Å². The molecule has 0 spiro atoms. The van der Waals surface area contributed by atoms with Crippen molar-refractivity contribution >= 4 is 0 Å². The van der Waals surface area contributed by atoms with E-state index >= 15 is 0 Å². The molecule has 0 saturated heterocycles. The Morgan fingerprint density at radius 1 is 1.42 bits per heavy atom. The van der Waals surface area contributed by atoms with Gasteiger partial charge < -0.3 is 0 Å². The Balaban J connectivity index is 2.68. The van der Waals surface area contributed by atoms with E-state index in [4.69, 9.17) is 0 Å². The molecular formula is C12H20. The molecule has 68 valence electrons. The van der Waals surface area contributed by atoms with E-state index in [2.05, 4.69) is 32.6 Å². The van der Waals surface area contributed by atoms with Crippen molar-refractivity contribution in [3.05, 3.63) is 0 Å².